The van der Waals surface area contributed by atoms with Crippen LogP contribution in [-0.2, 0) is 10.8 Å². The quantitative estimate of drug-likeness (QED) is 0.821. The first kappa shape index (κ1) is 11.6. The molecule has 0 spiro atoms. The number of anilines is 1. The molecule has 3 heteroatoms. The second-order valence-corrected chi connectivity index (χ2v) is 6.08. The summed E-state index contributed by atoms with van der Waals surface area (Å²) >= 11 is 0. The fourth-order valence-corrected chi connectivity index (χ4v) is 3.68. The molecule has 2 rings (SSSR count). The van der Waals surface area contributed by atoms with E-state index in [1.807, 2.05) is 24.3 Å². The Kier molecular flexibility index (Phi) is 3.99. The first-order chi connectivity index (χ1) is 7.75. The van der Waals surface area contributed by atoms with Crippen LogP contribution in [0.5, 0.6) is 0 Å². The summed E-state index contributed by atoms with van der Waals surface area (Å²) in [6.45, 7) is 0. The molecule has 1 aliphatic rings. The van der Waals surface area contributed by atoms with Gasteiger partial charge in [0.15, 0.2) is 0 Å². The van der Waals surface area contributed by atoms with Gasteiger partial charge >= 0.3 is 0 Å². The smallest absolute Gasteiger partial charge is 0.0532 e. The standard InChI is InChI=1S/C13H19NOS/c14-12-6-8-13(9-7-12)16(15)10-11-4-2-1-3-5-11/h6-9,11H,1-5,10,14H2. The first-order valence-electron chi connectivity index (χ1n) is 5.99. The summed E-state index contributed by atoms with van der Waals surface area (Å²) in [5, 5.41) is 0. The molecule has 0 saturated heterocycles. The lowest BCUT2D eigenvalue weighted by atomic mass is 9.91. The molecule has 1 fully saturated rings. The van der Waals surface area contributed by atoms with Crippen molar-refractivity contribution in [2.75, 3.05) is 11.5 Å². The van der Waals surface area contributed by atoms with Gasteiger partial charge in [0.25, 0.3) is 0 Å². The molecule has 88 valence electrons. The highest BCUT2D eigenvalue weighted by molar-refractivity contribution is 7.85. The van der Waals surface area contributed by atoms with Gasteiger partial charge in [-0.1, -0.05) is 19.3 Å². The van der Waals surface area contributed by atoms with Crippen molar-refractivity contribution in [1.29, 1.82) is 0 Å². The largest absolute Gasteiger partial charge is 0.399 e. The molecule has 2 nitrogen and oxygen atoms in total. The Labute approximate surface area is 99.7 Å². The van der Waals surface area contributed by atoms with Crippen molar-refractivity contribution in [1.82, 2.24) is 0 Å². The maximum absolute atomic E-state index is 12.1. The van der Waals surface area contributed by atoms with Gasteiger partial charge in [-0.05, 0) is 43.0 Å². The predicted octanol–water partition coefficient (Wildman–Crippen LogP) is 2.96. The third kappa shape index (κ3) is 3.08. The molecular weight excluding hydrogens is 218 g/mol. The van der Waals surface area contributed by atoms with Crippen LogP contribution in [0.4, 0.5) is 5.69 Å². The molecule has 0 heterocycles. The fraction of sp³-hybridized carbons (Fsp3) is 0.538. The Morgan fingerprint density at radius 1 is 1.12 bits per heavy atom. The molecule has 1 saturated carbocycles. The van der Waals surface area contributed by atoms with Crippen LogP contribution in [0.15, 0.2) is 29.2 Å². The fourth-order valence-electron chi connectivity index (χ4n) is 2.28. The number of nitrogen functional groups attached to an aromatic ring is 1. The maximum Gasteiger partial charge on any atom is 0.0532 e. The van der Waals surface area contributed by atoms with Gasteiger partial charge in [-0.3, -0.25) is 4.21 Å². The Bertz CT molecular complexity index is 355. The molecule has 0 aliphatic heterocycles. The van der Waals surface area contributed by atoms with Crippen LogP contribution < -0.4 is 5.73 Å². The van der Waals surface area contributed by atoms with Gasteiger partial charge in [-0.15, -0.1) is 0 Å². The minimum absolute atomic E-state index is 0.659. The molecule has 0 radical (unpaired) electrons. The van der Waals surface area contributed by atoms with E-state index in [0.29, 0.717) is 5.92 Å². The zero-order chi connectivity index (χ0) is 11.4. The van der Waals surface area contributed by atoms with Gasteiger partial charge < -0.3 is 5.73 Å². The van der Waals surface area contributed by atoms with Crippen LogP contribution in [0.3, 0.4) is 0 Å². The second kappa shape index (κ2) is 5.48. The van der Waals surface area contributed by atoms with Crippen LogP contribution in [0.25, 0.3) is 0 Å². The summed E-state index contributed by atoms with van der Waals surface area (Å²) in [6, 6.07) is 7.42. The molecular formula is C13H19NOS. The van der Waals surface area contributed by atoms with Crippen molar-refractivity contribution in [3.63, 3.8) is 0 Å². The number of rotatable bonds is 3. The van der Waals surface area contributed by atoms with Crippen molar-refractivity contribution in [3.05, 3.63) is 24.3 Å². The van der Waals surface area contributed by atoms with E-state index in [1.54, 1.807) is 0 Å². The van der Waals surface area contributed by atoms with E-state index in [4.69, 9.17) is 5.73 Å². The third-order valence-corrected chi connectivity index (χ3v) is 4.83. The van der Waals surface area contributed by atoms with Crippen LogP contribution in [-0.4, -0.2) is 9.96 Å². The molecule has 0 aromatic heterocycles. The van der Waals surface area contributed by atoms with E-state index in [2.05, 4.69) is 0 Å². The number of hydrogen-bond donors (Lipinski definition) is 1. The monoisotopic (exact) mass is 237 g/mol. The predicted molar refractivity (Wildman–Crippen MR) is 68.7 cm³/mol. The van der Waals surface area contributed by atoms with Crippen molar-refractivity contribution < 1.29 is 4.21 Å². The van der Waals surface area contributed by atoms with Crippen molar-refractivity contribution in [2.45, 2.75) is 37.0 Å². The van der Waals surface area contributed by atoms with E-state index in [0.717, 1.165) is 16.3 Å². The highest BCUT2D eigenvalue weighted by Crippen LogP contribution is 2.25. The Hall–Kier alpha value is -0.830. The van der Waals surface area contributed by atoms with Crippen molar-refractivity contribution in [2.24, 2.45) is 5.92 Å². The number of nitrogens with two attached hydrogens (primary N) is 1. The molecule has 0 bridgehead atoms. The SMILES string of the molecule is Nc1ccc(S(=O)CC2CCCCC2)cc1. The molecule has 1 atom stereocenters. The molecule has 1 aromatic rings. The maximum atomic E-state index is 12.1. The van der Waals surface area contributed by atoms with Crippen LogP contribution in [0.2, 0.25) is 0 Å². The summed E-state index contributed by atoms with van der Waals surface area (Å²) in [4.78, 5) is 0.916. The highest BCUT2D eigenvalue weighted by atomic mass is 32.2. The zero-order valence-electron chi connectivity index (χ0n) is 9.52. The van der Waals surface area contributed by atoms with Gasteiger partial charge in [0.05, 0.1) is 10.8 Å². The number of hydrogen-bond acceptors (Lipinski definition) is 2. The normalized spacial score (nSPS) is 19.5. The topological polar surface area (TPSA) is 43.1 Å². The van der Waals surface area contributed by atoms with Gasteiger partial charge in [0.2, 0.25) is 0 Å². The van der Waals surface area contributed by atoms with E-state index >= 15 is 0 Å². The molecule has 1 unspecified atom stereocenters. The summed E-state index contributed by atoms with van der Waals surface area (Å²) in [7, 11) is -0.845. The minimum Gasteiger partial charge on any atom is -0.399 e. The van der Waals surface area contributed by atoms with Gasteiger partial charge in [-0.25, -0.2) is 0 Å². The molecule has 2 N–H and O–H groups in total. The minimum atomic E-state index is -0.845. The van der Waals surface area contributed by atoms with Gasteiger partial charge in [0.1, 0.15) is 0 Å². The number of benzene rings is 1. The van der Waals surface area contributed by atoms with Gasteiger partial charge in [-0.2, -0.15) is 0 Å². The molecule has 1 aliphatic carbocycles. The highest BCUT2D eigenvalue weighted by Gasteiger charge is 2.16. The lowest BCUT2D eigenvalue weighted by Crippen LogP contribution is -2.14. The van der Waals surface area contributed by atoms with Gasteiger partial charge in [0, 0.05) is 16.3 Å². The Balaban J connectivity index is 1.94. The molecule has 0 amide bonds. The summed E-state index contributed by atoms with van der Waals surface area (Å²) in [5.41, 5.74) is 6.35. The summed E-state index contributed by atoms with van der Waals surface area (Å²) in [5.74, 6) is 1.48. The Morgan fingerprint density at radius 2 is 1.75 bits per heavy atom. The first-order valence-corrected chi connectivity index (χ1v) is 7.31. The lowest BCUT2D eigenvalue weighted by Gasteiger charge is -2.20. The summed E-state index contributed by atoms with van der Waals surface area (Å²) < 4.78 is 12.1. The van der Waals surface area contributed by atoms with E-state index in [9.17, 15) is 4.21 Å². The third-order valence-electron chi connectivity index (χ3n) is 3.25. The molecule has 16 heavy (non-hydrogen) atoms. The van der Waals surface area contributed by atoms with Crippen molar-refractivity contribution >= 4 is 16.5 Å². The van der Waals surface area contributed by atoms with Crippen LogP contribution in [0, 0.1) is 5.92 Å². The van der Waals surface area contributed by atoms with E-state index < -0.39 is 10.8 Å². The second-order valence-electron chi connectivity index (χ2n) is 4.59. The van der Waals surface area contributed by atoms with E-state index in [-0.39, 0.29) is 0 Å². The van der Waals surface area contributed by atoms with Crippen LogP contribution >= 0.6 is 0 Å². The lowest BCUT2D eigenvalue weighted by molar-refractivity contribution is 0.388. The van der Waals surface area contributed by atoms with Crippen LogP contribution in [0.1, 0.15) is 32.1 Å². The summed E-state index contributed by atoms with van der Waals surface area (Å²) in [6.07, 6.45) is 6.47. The average molecular weight is 237 g/mol. The van der Waals surface area contributed by atoms with E-state index in [1.165, 1.54) is 32.1 Å². The molecule has 1 aromatic carbocycles. The van der Waals surface area contributed by atoms with Crippen molar-refractivity contribution in [3.8, 4) is 0 Å². The average Bonchev–Trinajstić information content (AvgIpc) is 2.31. The Morgan fingerprint density at radius 3 is 2.38 bits per heavy atom. The zero-order valence-corrected chi connectivity index (χ0v) is 10.3.